The average Bonchev–Trinajstić information content (AvgIpc) is 2.55. The number of rotatable bonds is 6. The molecule has 0 saturated heterocycles. The number of aryl methyl sites for hydroxylation is 1. The maximum atomic E-state index is 12.2. The molecule has 0 unspecified atom stereocenters. The second-order valence-electron chi connectivity index (χ2n) is 6.33. The van der Waals surface area contributed by atoms with Crippen LogP contribution in [-0.2, 0) is 0 Å². The summed E-state index contributed by atoms with van der Waals surface area (Å²) in [4.78, 5) is 12.2. The molecule has 0 bridgehead atoms. The molecule has 2 N–H and O–H groups in total. The maximum Gasteiger partial charge on any atom is 0.257 e. The molecule has 0 saturated carbocycles. The third kappa shape index (κ3) is 6.55. The largest absolute Gasteiger partial charge is 0.494 e. The molecule has 132 valence electrons. The van der Waals surface area contributed by atoms with Crippen LogP contribution in [0.1, 0.15) is 36.2 Å². The highest BCUT2D eigenvalue weighted by molar-refractivity contribution is 7.80. The molecule has 4 nitrogen and oxygen atoms in total. The minimum absolute atomic E-state index is 0.251. The summed E-state index contributed by atoms with van der Waals surface area (Å²) in [5.74, 6) is 1.11. The maximum absolute atomic E-state index is 12.2. The fraction of sp³-hybridized carbons (Fsp3) is 0.300. The number of benzene rings is 2. The zero-order chi connectivity index (χ0) is 18.2. The van der Waals surface area contributed by atoms with Crippen LogP contribution < -0.4 is 15.4 Å². The van der Waals surface area contributed by atoms with Gasteiger partial charge in [0.2, 0.25) is 0 Å². The number of nitrogens with one attached hydrogen (secondary N) is 2. The van der Waals surface area contributed by atoms with Crippen molar-refractivity contribution in [2.75, 3.05) is 11.9 Å². The lowest BCUT2D eigenvalue weighted by Crippen LogP contribution is -2.34. The molecule has 1 amide bonds. The molecular formula is C20H24N2O2S. The quantitative estimate of drug-likeness (QED) is 0.746. The summed E-state index contributed by atoms with van der Waals surface area (Å²) in [5.41, 5.74) is 2.50. The summed E-state index contributed by atoms with van der Waals surface area (Å²) in [6.07, 6.45) is 1.00. The molecule has 0 spiro atoms. The van der Waals surface area contributed by atoms with E-state index < -0.39 is 0 Å². The van der Waals surface area contributed by atoms with Crippen LogP contribution in [0, 0.1) is 12.8 Å². The summed E-state index contributed by atoms with van der Waals surface area (Å²) in [5, 5.41) is 5.96. The van der Waals surface area contributed by atoms with E-state index in [2.05, 4.69) is 24.5 Å². The number of hydrogen-bond acceptors (Lipinski definition) is 3. The fourth-order valence-electron chi connectivity index (χ4n) is 2.18. The molecule has 2 rings (SSSR count). The van der Waals surface area contributed by atoms with Crippen LogP contribution in [0.15, 0.2) is 48.5 Å². The van der Waals surface area contributed by atoms with Gasteiger partial charge in [-0.25, -0.2) is 0 Å². The van der Waals surface area contributed by atoms with Gasteiger partial charge in [0, 0.05) is 11.3 Å². The van der Waals surface area contributed by atoms with Crippen LogP contribution in [0.25, 0.3) is 0 Å². The van der Waals surface area contributed by atoms with Crippen molar-refractivity contribution in [1.82, 2.24) is 5.32 Å². The second kappa shape index (κ2) is 9.18. The van der Waals surface area contributed by atoms with Crippen LogP contribution in [0.4, 0.5) is 5.69 Å². The number of anilines is 1. The lowest BCUT2D eigenvalue weighted by molar-refractivity contribution is 0.0977. The molecule has 5 heteroatoms. The number of carbonyl (C=O) groups is 1. The zero-order valence-electron chi connectivity index (χ0n) is 14.8. The Kier molecular flexibility index (Phi) is 6.95. The molecule has 25 heavy (non-hydrogen) atoms. The Balaban J connectivity index is 1.86. The predicted molar refractivity (Wildman–Crippen MR) is 106 cm³/mol. The van der Waals surface area contributed by atoms with E-state index in [4.69, 9.17) is 17.0 Å². The normalized spacial score (nSPS) is 10.4. The molecule has 2 aromatic rings. The van der Waals surface area contributed by atoms with Gasteiger partial charge in [-0.2, -0.15) is 0 Å². The standard InChI is InChI=1S/C20H24N2O2S/c1-14(2)11-12-24-18-9-7-16(8-10-18)19(23)22-20(25)21-17-6-4-5-15(3)13-17/h4-10,13-14H,11-12H2,1-3H3,(H2,21,22,23,25). The van der Waals surface area contributed by atoms with Crippen molar-refractivity contribution >= 4 is 28.9 Å². The van der Waals surface area contributed by atoms with Crippen molar-refractivity contribution in [2.45, 2.75) is 27.2 Å². The highest BCUT2D eigenvalue weighted by Crippen LogP contribution is 2.14. The van der Waals surface area contributed by atoms with Gasteiger partial charge in [-0.05, 0) is 73.4 Å². The topological polar surface area (TPSA) is 50.4 Å². The third-order valence-electron chi connectivity index (χ3n) is 3.58. The lowest BCUT2D eigenvalue weighted by atomic mass is 10.1. The lowest BCUT2D eigenvalue weighted by Gasteiger charge is -2.11. The summed E-state index contributed by atoms with van der Waals surface area (Å²) in [6, 6.07) is 14.8. The first-order valence-electron chi connectivity index (χ1n) is 8.36. The van der Waals surface area contributed by atoms with Gasteiger partial charge in [-0.15, -0.1) is 0 Å². The van der Waals surface area contributed by atoms with Crippen molar-refractivity contribution in [3.05, 3.63) is 59.7 Å². The van der Waals surface area contributed by atoms with E-state index >= 15 is 0 Å². The number of ether oxygens (including phenoxy) is 1. The summed E-state index contributed by atoms with van der Waals surface area (Å²) in [6.45, 7) is 6.99. The van der Waals surface area contributed by atoms with Crippen molar-refractivity contribution in [3.63, 3.8) is 0 Å². The molecule has 0 aliphatic heterocycles. The van der Waals surface area contributed by atoms with E-state index in [-0.39, 0.29) is 11.0 Å². The van der Waals surface area contributed by atoms with Crippen LogP contribution in [0.2, 0.25) is 0 Å². The van der Waals surface area contributed by atoms with Crippen molar-refractivity contribution in [2.24, 2.45) is 5.92 Å². The molecule has 2 aromatic carbocycles. The first-order chi connectivity index (χ1) is 11.9. The van der Waals surface area contributed by atoms with E-state index in [1.807, 2.05) is 31.2 Å². The SMILES string of the molecule is Cc1cccc(NC(=S)NC(=O)c2ccc(OCCC(C)C)cc2)c1. The summed E-state index contributed by atoms with van der Waals surface area (Å²) >= 11 is 5.20. The molecule has 0 atom stereocenters. The Bertz CT molecular complexity index is 727. The van der Waals surface area contributed by atoms with E-state index in [0.29, 0.717) is 18.1 Å². The van der Waals surface area contributed by atoms with Crippen LogP contribution in [0.3, 0.4) is 0 Å². The Morgan fingerprint density at radius 1 is 1.16 bits per heavy atom. The molecule has 0 aliphatic rings. The Labute approximate surface area is 154 Å². The number of amides is 1. The van der Waals surface area contributed by atoms with Crippen molar-refractivity contribution < 1.29 is 9.53 Å². The van der Waals surface area contributed by atoms with Gasteiger partial charge in [0.1, 0.15) is 5.75 Å². The molecule has 0 aliphatic carbocycles. The van der Waals surface area contributed by atoms with Gasteiger partial charge >= 0.3 is 0 Å². The molecular weight excluding hydrogens is 332 g/mol. The summed E-state index contributed by atoms with van der Waals surface area (Å²) < 4.78 is 5.65. The van der Waals surface area contributed by atoms with Gasteiger partial charge in [0.25, 0.3) is 5.91 Å². The minimum Gasteiger partial charge on any atom is -0.494 e. The first-order valence-corrected chi connectivity index (χ1v) is 8.76. The molecule has 0 heterocycles. The van der Waals surface area contributed by atoms with Gasteiger partial charge in [0.15, 0.2) is 5.11 Å². The zero-order valence-corrected chi connectivity index (χ0v) is 15.7. The number of hydrogen-bond donors (Lipinski definition) is 2. The van der Waals surface area contributed by atoms with Gasteiger partial charge in [0.05, 0.1) is 6.61 Å². The van der Waals surface area contributed by atoms with Crippen LogP contribution in [0.5, 0.6) is 5.75 Å². The average molecular weight is 356 g/mol. The number of carbonyl (C=O) groups excluding carboxylic acids is 1. The molecule has 0 aromatic heterocycles. The van der Waals surface area contributed by atoms with E-state index in [1.165, 1.54) is 0 Å². The van der Waals surface area contributed by atoms with E-state index in [0.717, 1.165) is 23.4 Å². The highest BCUT2D eigenvalue weighted by atomic mass is 32.1. The monoisotopic (exact) mass is 356 g/mol. The predicted octanol–water partition coefficient (Wildman–Crippen LogP) is 4.55. The highest BCUT2D eigenvalue weighted by Gasteiger charge is 2.08. The third-order valence-corrected chi connectivity index (χ3v) is 3.79. The van der Waals surface area contributed by atoms with E-state index in [9.17, 15) is 4.79 Å². The Morgan fingerprint density at radius 3 is 2.52 bits per heavy atom. The number of thiocarbonyl (C=S) groups is 1. The second-order valence-corrected chi connectivity index (χ2v) is 6.74. The van der Waals surface area contributed by atoms with Gasteiger partial charge in [-0.3, -0.25) is 10.1 Å². The molecule has 0 fully saturated rings. The van der Waals surface area contributed by atoms with Gasteiger partial charge < -0.3 is 10.1 Å². The van der Waals surface area contributed by atoms with Crippen LogP contribution in [-0.4, -0.2) is 17.6 Å². The van der Waals surface area contributed by atoms with Crippen molar-refractivity contribution in [1.29, 1.82) is 0 Å². The first kappa shape index (κ1) is 18.9. The van der Waals surface area contributed by atoms with Crippen molar-refractivity contribution in [3.8, 4) is 5.75 Å². The Morgan fingerprint density at radius 2 is 1.88 bits per heavy atom. The minimum atomic E-state index is -0.251. The smallest absolute Gasteiger partial charge is 0.257 e. The molecule has 0 radical (unpaired) electrons. The van der Waals surface area contributed by atoms with E-state index in [1.54, 1.807) is 24.3 Å². The Hall–Kier alpha value is -2.40. The van der Waals surface area contributed by atoms with Gasteiger partial charge in [-0.1, -0.05) is 26.0 Å². The van der Waals surface area contributed by atoms with Crippen LogP contribution >= 0.6 is 12.2 Å². The summed E-state index contributed by atoms with van der Waals surface area (Å²) in [7, 11) is 0. The fourth-order valence-corrected chi connectivity index (χ4v) is 2.39.